The van der Waals surface area contributed by atoms with Crippen LogP contribution in [0.5, 0.6) is 0 Å². The summed E-state index contributed by atoms with van der Waals surface area (Å²) in [6.45, 7) is 0.404. The number of halogens is 1. The summed E-state index contributed by atoms with van der Waals surface area (Å²) in [6.07, 6.45) is 3.03. The fourth-order valence-corrected chi connectivity index (χ4v) is 2.17. The third kappa shape index (κ3) is 4.15. The van der Waals surface area contributed by atoms with Gasteiger partial charge in [-0.1, -0.05) is 30.3 Å². The fourth-order valence-electron chi connectivity index (χ4n) is 1.80. The van der Waals surface area contributed by atoms with Crippen molar-refractivity contribution in [2.75, 3.05) is 6.54 Å². The van der Waals surface area contributed by atoms with Gasteiger partial charge in [0, 0.05) is 23.4 Å². The number of nitrogens with one attached hydrogen (secondary N) is 1. The van der Waals surface area contributed by atoms with Crippen molar-refractivity contribution in [1.29, 1.82) is 0 Å². The number of aliphatic hydroxyl groups excluding tert-OH is 1. The third-order valence-electron chi connectivity index (χ3n) is 2.85. The van der Waals surface area contributed by atoms with Crippen LogP contribution < -0.4 is 5.32 Å². The zero-order valence-corrected chi connectivity index (χ0v) is 12.4. The summed E-state index contributed by atoms with van der Waals surface area (Å²) >= 11 is 3.27. The van der Waals surface area contributed by atoms with Crippen molar-refractivity contribution in [3.8, 4) is 0 Å². The van der Waals surface area contributed by atoms with Gasteiger partial charge in [0.2, 0.25) is 0 Å². The highest BCUT2D eigenvalue weighted by Gasteiger charge is 2.09. The Morgan fingerprint density at radius 2 is 2.05 bits per heavy atom. The predicted molar refractivity (Wildman–Crippen MR) is 80.3 cm³/mol. The van der Waals surface area contributed by atoms with Gasteiger partial charge in [0.05, 0.1) is 11.7 Å². The summed E-state index contributed by atoms with van der Waals surface area (Å²) in [5.41, 5.74) is 1.35. The zero-order chi connectivity index (χ0) is 14.4. The Morgan fingerprint density at radius 3 is 2.75 bits per heavy atom. The average Bonchev–Trinajstić information content (AvgIpc) is 2.48. The minimum atomic E-state index is -0.572. The Kier molecular flexibility index (Phi) is 5.26. The Bertz CT molecular complexity index is 575. The maximum Gasteiger partial charge on any atom is 0.252 e. The predicted octanol–water partition coefficient (Wildman–Crippen LogP) is 2.70. The maximum absolute atomic E-state index is 11.9. The van der Waals surface area contributed by atoms with Crippen LogP contribution in [0.1, 0.15) is 28.4 Å². The Hall–Kier alpha value is -1.72. The van der Waals surface area contributed by atoms with Crippen molar-refractivity contribution in [2.45, 2.75) is 12.5 Å². The Labute approximate surface area is 126 Å². The number of nitrogens with zero attached hydrogens (tertiary/aromatic N) is 1. The van der Waals surface area contributed by atoms with Gasteiger partial charge in [0.15, 0.2) is 0 Å². The maximum atomic E-state index is 11.9. The number of carbonyl (C=O) groups excluding carboxylic acids is 1. The second-order valence-electron chi connectivity index (χ2n) is 4.36. The van der Waals surface area contributed by atoms with Crippen LogP contribution in [-0.2, 0) is 0 Å². The number of aliphatic hydroxyl groups is 1. The lowest BCUT2D eigenvalue weighted by molar-refractivity contribution is 0.0942. The molecule has 0 fully saturated rings. The molecule has 0 aliphatic rings. The van der Waals surface area contributed by atoms with Gasteiger partial charge in [-0.05, 0) is 34.0 Å². The molecule has 2 rings (SSSR count). The van der Waals surface area contributed by atoms with Crippen LogP contribution in [0.25, 0.3) is 0 Å². The minimum absolute atomic E-state index is 0.195. The first-order valence-corrected chi connectivity index (χ1v) is 7.08. The van der Waals surface area contributed by atoms with E-state index in [1.54, 1.807) is 12.3 Å². The van der Waals surface area contributed by atoms with Crippen molar-refractivity contribution >= 4 is 21.8 Å². The third-order valence-corrected chi connectivity index (χ3v) is 3.29. The number of pyridine rings is 1. The zero-order valence-electron chi connectivity index (χ0n) is 10.8. The molecule has 0 bridgehead atoms. The summed E-state index contributed by atoms with van der Waals surface area (Å²) in [5, 5.41) is 12.7. The molecular weight excluding hydrogens is 320 g/mol. The lowest BCUT2D eigenvalue weighted by atomic mass is 10.1. The summed E-state index contributed by atoms with van der Waals surface area (Å²) in [4.78, 5) is 15.8. The van der Waals surface area contributed by atoms with Crippen LogP contribution >= 0.6 is 15.9 Å². The van der Waals surface area contributed by atoms with Crippen LogP contribution in [0.15, 0.2) is 53.3 Å². The van der Waals surface area contributed by atoms with Crippen LogP contribution in [0.4, 0.5) is 0 Å². The number of aromatic nitrogens is 1. The molecule has 0 aliphatic carbocycles. The van der Waals surface area contributed by atoms with Gasteiger partial charge in [-0.2, -0.15) is 0 Å². The first kappa shape index (κ1) is 14.7. The van der Waals surface area contributed by atoms with Crippen molar-refractivity contribution in [2.24, 2.45) is 0 Å². The van der Waals surface area contributed by atoms with E-state index in [1.807, 2.05) is 30.3 Å². The van der Waals surface area contributed by atoms with Crippen LogP contribution in [-0.4, -0.2) is 22.5 Å². The second-order valence-corrected chi connectivity index (χ2v) is 5.28. The van der Waals surface area contributed by atoms with Crippen molar-refractivity contribution < 1.29 is 9.90 Å². The highest BCUT2D eigenvalue weighted by molar-refractivity contribution is 9.10. The van der Waals surface area contributed by atoms with E-state index in [0.29, 0.717) is 18.5 Å². The van der Waals surface area contributed by atoms with Gasteiger partial charge >= 0.3 is 0 Å². The van der Waals surface area contributed by atoms with Crippen LogP contribution in [0.2, 0.25) is 0 Å². The number of rotatable bonds is 5. The SMILES string of the molecule is O=C(NCCC(O)c1ccccc1)c1cncc(Br)c1. The standard InChI is InChI=1S/C15H15BrN2O2/c16-13-8-12(9-17-10-13)15(20)18-7-6-14(19)11-4-2-1-3-5-11/h1-5,8-10,14,19H,6-7H2,(H,18,20). The molecule has 0 spiro atoms. The van der Waals surface area contributed by atoms with Gasteiger partial charge in [-0.15, -0.1) is 0 Å². The summed E-state index contributed by atoms with van der Waals surface area (Å²) < 4.78 is 0.759. The summed E-state index contributed by atoms with van der Waals surface area (Å²) in [7, 11) is 0. The molecule has 0 aliphatic heterocycles. The van der Waals surface area contributed by atoms with Gasteiger partial charge in [0.25, 0.3) is 5.91 Å². The smallest absolute Gasteiger partial charge is 0.252 e. The van der Waals surface area contributed by atoms with Gasteiger partial charge in [-0.3, -0.25) is 9.78 Å². The second kappa shape index (κ2) is 7.17. The van der Waals surface area contributed by atoms with E-state index in [-0.39, 0.29) is 5.91 Å². The number of hydrogen-bond acceptors (Lipinski definition) is 3. The lowest BCUT2D eigenvalue weighted by Crippen LogP contribution is -2.25. The van der Waals surface area contributed by atoms with Crippen LogP contribution in [0.3, 0.4) is 0 Å². The molecule has 2 aromatic rings. The van der Waals surface area contributed by atoms with E-state index < -0.39 is 6.10 Å². The molecule has 0 radical (unpaired) electrons. The molecule has 104 valence electrons. The van der Waals surface area contributed by atoms with Gasteiger partial charge in [0.1, 0.15) is 0 Å². The number of benzene rings is 1. The van der Waals surface area contributed by atoms with Crippen molar-refractivity contribution in [3.05, 3.63) is 64.4 Å². The molecule has 1 heterocycles. The molecule has 1 atom stereocenters. The van der Waals surface area contributed by atoms with E-state index in [1.165, 1.54) is 6.20 Å². The average molecular weight is 335 g/mol. The minimum Gasteiger partial charge on any atom is -0.388 e. The van der Waals surface area contributed by atoms with Crippen molar-refractivity contribution in [1.82, 2.24) is 10.3 Å². The molecular formula is C15H15BrN2O2. The van der Waals surface area contributed by atoms with Gasteiger partial charge in [-0.25, -0.2) is 0 Å². The Morgan fingerprint density at radius 1 is 1.30 bits per heavy atom. The highest BCUT2D eigenvalue weighted by Crippen LogP contribution is 2.15. The molecule has 1 amide bonds. The molecule has 0 saturated carbocycles. The number of carbonyl (C=O) groups is 1. The fraction of sp³-hybridized carbons (Fsp3) is 0.200. The van der Waals surface area contributed by atoms with Crippen LogP contribution in [0, 0.1) is 0 Å². The quantitative estimate of drug-likeness (QED) is 0.883. The molecule has 1 aromatic heterocycles. The Balaban J connectivity index is 1.83. The molecule has 0 saturated heterocycles. The van der Waals surface area contributed by atoms with Crippen molar-refractivity contribution in [3.63, 3.8) is 0 Å². The van der Waals surface area contributed by atoms with E-state index in [9.17, 15) is 9.90 Å². The number of hydrogen-bond donors (Lipinski definition) is 2. The summed E-state index contributed by atoms with van der Waals surface area (Å²) in [6, 6.07) is 11.1. The molecule has 1 unspecified atom stereocenters. The van der Waals surface area contributed by atoms with E-state index in [2.05, 4.69) is 26.2 Å². The normalized spacial score (nSPS) is 11.9. The lowest BCUT2D eigenvalue weighted by Gasteiger charge is -2.11. The largest absolute Gasteiger partial charge is 0.388 e. The molecule has 1 aromatic carbocycles. The molecule has 5 heteroatoms. The monoisotopic (exact) mass is 334 g/mol. The highest BCUT2D eigenvalue weighted by atomic mass is 79.9. The van der Waals surface area contributed by atoms with Gasteiger partial charge < -0.3 is 10.4 Å². The molecule has 4 nitrogen and oxygen atoms in total. The number of amides is 1. The molecule has 20 heavy (non-hydrogen) atoms. The topological polar surface area (TPSA) is 62.2 Å². The van der Waals surface area contributed by atoms with E-state index in [4.69, 9.17) is 0 Å². The first-order chi connectivity index (χ1) is 9.66. The van der Waals surface area contributed by atoms with E-state index in [0.717, 1.165) is 10.0 Å². The van der Waals surface area contributed by atoms with E-state index >= 15 is 0 Å². The molecule has 2 N–H and O–H groups in total. The summed E-state index contributed by atoms with van der Waals surface area (Å²) in [5.74, 6) is -0.195. The first-order valence-electron chi connectivity index (χ1n) is 6.28.